The van der Waals surface area contributed by atoms with E-state index in [4.69, 9.17) is 10.5 Å². The van der Waals surface area contributed by atoms with E-state index in [1.54, 1.807) is 24.5 Å². The summed E-state index contributed by atoms with van der Waals surface area (Å²) >= 11 is 0. The molecule has 0 aliphatic rings. The van der Waals surface area contributed by atoms with Gasteiger partial charge in [0.15, 0.2) is 0 Å². The molecule has 0 unspecified atom stereocenters. The molecule has 1 aromatic heterocycles. The third-order valence-corrected chi connectivity index (χ3v) is 2.37. The molecule has 0 amide bonds. The predicted octanol–water partition coefficient (Wildman–Crippen LogP) is 2.26. The van der Waals surface area contributed by atoms with Gasteiger partial charge in [0.25, 0.3) is 0 Å². The van der Waals surface area contributed by atoms with Gasteiger partial charge in [0.05, 0.1) is 0 Å². The van der Waals surface area contributed by atoms with Gasteiger partial charge >= 0.3 is 0 Å². The number of nitrogens with two attached hydrogens (primary N) is 1. The minimum atomic E-state index is -0.337. The highest BCUT2D eigenvalue weighted by Gasteiger charge is 2.02. The Morgan fingerprint density at radius 2 is 2.18 bits per heavy atom. The highest BCUT2D eigenvalue weighted by molar-refractivity contribution is 5.29. The topological polar surface area (TPSA) is 48.1 Å². The Bertz CT molecular complexity index is 488. The van der Waals surface area contributed by atoms with E-state index >= 15 is 0 Å². The van der Waals surface area contributed by atoms with Crippen LogP contribution in [0.3, 0.4) is 0 Å². The monoisotopic (exact) mass is 232 g/mol. The van der Waals surface area contributed by atoms with Gasteiger partial charge in [-0.3, -0.25) is 4.98 Å². The summed E-state index contributed by atoms with van der Waals surface area (Å²) in [4.78, 5) is 3.97. The molecule has 2 N–H and O–H groups in total. The minimum absolute atomic E-state index is 0.189. The molecule has 0 spiro atoms. The first-order chi connectivity index (χ1) is 8.29. The molecule has 0 radical (unpaired) electrons. The smallest absolute Gasteiger partial charge is 0.131 e. The van der Waals surface area contributed by atoms with Gasteiger partial charge in [0, 0.05) is 36.1 Å². The number of aromatic nitrogens is 1. The van der Waals surface area contributed by atoms with Crippen molar-refractivity contribution >= 4 is 0 Å². The standard InChI is InChI=1S/C13H13FN2O/c14-13-6-12(4-3-11(13)7-15)17-9-10-2-1-5-16-8-10/h1-6,8H,7,9,15H2. The molecule has 1 aromatic carbocycles. The van der Waals surface area contributed by atoms with Gasteiger partial charge in [-0.05, 0) is 12.1 Å². The van der Waals surface area contributed by atoms with Crippen molar-refractivity contribution < 1.29 is 9.13 Å². The maximum atomic E-state index is 13.4. The van der Waals surface area contributed by atoms with Crippen molar-refractivity contribution in [2.45, 2.75) is 13.2 Å². The molecular weight excluding hydrogens is 219 g/mol. The number of hydrogen-bond acceptors (Lipinski definition) is 3. The molecule has 0 saturated heterocycles. The molecule has 0 aliphatic heterocycles. The van der Waals surface area contributed by atoms with Crippen LogP contribution in [0.15, 0.2) is 42.7 Å². The van der Waals surface area contributed by atoms with E-state index in [-0.39, 0.29) is 12.4 Å². The summed E-state index contributed by atoms with van der Waals surface area (Å²) in [6.07, 6.45) is 3.41. The zero-order chi connectivity index (χ0) is 12.1. The first-order valence-corrected chi connectivity index (χ1v) is 5.30. The van der Waals surface area contributed by atoms with Crippen LogP contribution in [0.5, 0.6) is 5.75 Å². The summed E-state index contributed by atoms with van der Waals surface area (Å²) in [5.74, 6) is 0.153. The summed E-state index contributed by atoms with van der Waals surface area (Å²) in [6, 6.07) is 8.42. The van der Waals surface area contributed by atoms with Crippen LogP contribution in [0.1, 0.15) is 11.1 Å². The van der Waals surface area contributed by atoms with Crippen LogP contribution in [0, 0.1) is 5.82 Å². The Kier molecular flexibility index (Phi) is 3.67. The second kappa shape index (κ2) is 5.41. The first-order valence-electron chi connectivity index (χ1n) is 5.30. The number of hydrogen-bond donors (Lipinski definition) is 1. The lowest BCUT2D eigenvalue weighted by Gasteiger charge is -2.07. The van der Waals surface area contributed by atoms with Crippen molar-refractivity contribution in [3.8, 4) is 5.75 Å². The highest BCUT2D eigenvalue weighted by Crippen LogP contribution is 2.17. The molecule has 88 valence electrons. The number of ether oxygens (including phenoxy) is 1. The van der Waals surface area contributed by atoms with Gasteiger partial charge in [-0.15, -0.1) is 0 Å². The maximum Gasteiger partial charge on any atom is 0.131 e. The summed E-state index contributed by atoms with van der Waals surface area (Å²) in [7, 11) is 0. The molecule has 2 rings (SSSR count). The average molecular weight is 232 g/mol. The lowest BCUT2D eigenvalue weighted by atomic mass is 10.2. The quantitative estimate of drug-likeness (QED) is 0.879. The van der Waals surface area contributed by atoms with Gasteiger partial charge in [0.2, 0.25) is 0 Å². The van der Waals surface area contributed by atoms with Crippen LogP contribution in [0.2, 0.25) is 0 Å². The molecule has 0 atom stereocenters. The second-order valence-corrected chi connectivity index (χ2v) is 3.61. The van der Waals surface area contributed by atoms with Gasteiger partial charge in [0.1, 0.15) is 18.2 Å². The van der Waals surface area contributed by atoms with E-state index in [9.17, 15) is 4.39 Å². The molecule has 1 heterocycles. The number of halogens is 1. The Labute approximate surface area is 99.1 Å². The summed E-state index contributed by atoms with van der Waals surface area (Å²) in [5.41, 5.74) is 6.80. The number of nitrogens with zero attached hydrogens (tertiary/aromatic N) is 1. The van der Waals surface area contributed by atoms with Crippen molar-refractivity contribution in [1.82, 2.24) is 4.98 Å². The molecule has 0 fully saturated rings. The number of rotatable bonds is 4. The van der Waals surface area contributed by atoms with Crippen molar-refractivity contribution in [3.63, 3.8) is 0 Å². The number of benzene rings is 1. The van der Waals surface area contributed by atoms with Crippen molar-refractivity contribution in [3.05, 3.63) is 59.7 Å². The molecular formula is C13H13FN2O. The fourth-order valence-electron chi connectivity index (χ4n) is 1.43. The van der Waals surface area contributed by atoms with Crippen LogP contribution in [-0.2, 0) is 13.2 Å². The number of pyridine rings is 1. The van der Waals surface area contributed by atoms with Crippen LogP contribution < -0.4 is 10.5 Å². The molecule has 2 aromatic rings. The van der Waals surface area contributed by atoms with Gasteiger partial charge in [-0.25, -0.2) is 4.39 Å². The Hall–Kier alpha value is -1.94. The van der Waals surface area contributed by atoms with Crippen LogP contribution in [0.4, 0.5) is 4.39 Å². The van der Waals surface area contributed by atoms with E-state index in [1.165, 1.54) is 6.07 Å². The van der Waals surface area contributed by atoms with Gasteiger partial charge in [-0.2, -0.15) is 0 Å². The lowest BCUT2D eigenvalue weighted by molar-refractivity contribution is 0.304. The molecule has 17 heavy (non-hydrogen) atoms. The third-order valence-electron chi connectivity index (χ3n) is 2.37. The van der Waals surface area contributed by atoms with Crippen molar-refractivity contribution in [2.24, 2.45) is 5.73 Å². The van der Waals surface area contributed by atoms with Crippen molar-refractivity contribution in [2.75, 3.05) is 0 Å². The minimum Gasteiger partial charge on any atom is -0.489 e. The first kappa shape index (κ1) is 11.5. The van der Waals surface area contributed by atoms with E-state index in [0.29, 0.717) is 17.9 Å². The van der Waals surface area contributed by atoms with Gasteiger partial charge in [-0.1, -0.05) is 12.1 Å². The zero-order valence-corrected chi connectivity index (χ0v) is 9.27. The molecule has 3 nitrogen and oxygen atoms in total. The van der Waals surface area contributed by atoms with Crippen LogP contribution in [0.25, 0.3) is 0 Å². The Morgan fingerprint density at radius 1 is 1.29 bits per heavy atom. The van der Waals surface area contributed by atoms with Gasteiger partial charge < -0.3 is 10.5 Å². The van der Waals surface area contributed by atoms with Crippen LogP contribution in [-0.4, -0.2) is 4.98 Å². The maximum absolute atomic E-state index is 13.4. The fourth-order valence-corrected chi connectivity index (χ4v) is 1.43. The molecule has 0 aliphatic carbocycles. The average Bonchev–Trinajstić information content (AvgIpc) is 2.38. The predicted molar refractivity (Wildman–Crippen MR) is 62.9 cm³/mol. The zero-order valence-electron chi connectivity index (χ0n) is 9.27. The SMILES string of the molecule is NCc1ccc(OCc2cccnc2)cc1F. The molecule has 0 bridgehead atoms. The largest absolute Gasteiger partial charge is 0.489 e. The molecule has 0 saturated carbocycles. The van der Waals surface area contributed by atoms with E-state index < -0.39 is 0 Å². The van der Waals surface area contributed by atoms with Crippen molar-refractivity contribution in [1.29, 1.82) is 0 Å². The summed E-state index contributed by atoms with van der Waals surface area (Å²) in [5, 5.41) is 0. The normalized spacial score (nSPS) is 10.2. The summed E-state index contributed by atoms with van der Waals surface area (Å²) in [6.45, 7) is 0.559. The third kappa shape index (κ3) is 3.01. The lowest BCUT2D eigenvalue weighted by Crippen LogP contribution is -2.01. The summed E-state index contributed by atoms with van der Waals surface area (Å²) < 4.78 is 18.9. The van der Waals surface area contributed by atoms with E-state index in [0.717, 1.165) is 5.56 Å². The van der Waals surface area contributed by atoms with E-state index in [2.05, 4.69) is 4.98 Å². The fraction of sp³-hybridized carbons (Fsp3) is 0.154. The van der Waals surface area contributed by atoms with E-state index in [1.807, 2.05) is 12.1 Å². The molecule has 4 heteroatoms. The second-order valence-electron chi connectivity index (χ2n) is 3.61. The van der Waals surface area contributed by atoms with Crippen LogP contribution >= 0.6 is 0 Å². The Morgan fingerprint density at radius 3 is 2.82 bits per heavy atom. The highest BCUT2D eigenvalue weighted by atomic mass is 19.1. The Balaban J connectivity index is 2.02.